The van der Waals surface area contributed by atoms with Crippen LogP contribution in [0.5, 0.6) is 0 Å². The molecule has 0 atom stereocenters. The highest BCUT2D eigenvalue weighted by atomic mass is 16.2. The SMILES string of the molecule is CC(=O)CCc1cn(CCNC(=O)CN2CCNCCN(CC(C)=O)CCNCC2)nn1. The van der Waals surface area contributed by atoms with Gasteiger partial charge in [0, 0.05) is 71.5 Å². The predicted molar refractivity (Wildman–Crippen MR) is 121 cm³/mol. The number of rotatable bonds is 10. The normalized spacial score (nSPS) is 17.3. The molecule has 0 saturated carbocycles. The largest absolute Gasteiger partial charge is 0.353 e. The molecule has 1 aromatic rings. The van der Waals surface area contributed by atoms with E-state index in [4.69, 9.17) is 0 Å². The number of hydrogen-bond acceptors (Lipinski definition) is 9. The zero-order chi connectivity index (χ0) is 23.2. The summed E-state index contributed by atoms with van der Waals surface area (Å²) < 4.78 is 1.69. The van der Waals surface area contributed by atoms with E-state index in [0.29, 0.717) is 39.0 Å². The molecule has 2 rings (SSSR count). The molecule has 0 spiro atoms. The van der Waals surface area contributed by atoms with Crippen LogP contribution in [0.3, 0.4) is 0 Å². The third-order valence-corrected chi connectivity index (χ3v) is 5.22. The van der Waals surface area contributed by atoms with Gasteiger partial charge in [-0.05, 0) is 20.3 Å². The summed E-state index contributed by atoms with van der Waals surface area (Å²) in [7, 11) is 0. The lowest BCUT2D eigenvalue weighted by atomic mass is 10.2. The van der Waals surface area contributed by atoms with E-state index in [2.05, 4.69) is 36.1 Å². The molecule has 0 aliphatic carbocycles. The summed E-state index contributed by atoms with van der Waals surface area (Å²) in [5.41, 5.74) is 0.787. The fraction of sp³-hybridized carbons (Fsp3) is 0.762. The van der Waals surface area contributed by atoms with Gasteiger partial charge in [0.05, 0.1) is 25.3 Å². The molecule has 1 fully saturated rings. The first-order valence-electron chi connectivity index (χ1n) is 11.4. The van der Waals surface area contributed by atoms with Crippen LogP contribution in [-0.2, 0) is 27.3 Å². The van der Waals surface area contributed by atoms with Crippen LogP contribution in [-0.4, -0.2) is 114 Å². The van der Waals surface area contributed by atoms with E-state index >= 15 is 0 Å². The van der Waals surface area contributed by atoms with Crippen molar-refractivity contribution in [3.8, 4) is 0 Å². The molecule has 3 N–H and O–H groups in total. The van der Waals surface area contributed by atoms with Gasteiger partial charge >= 0.3 is 0 Å². The third-order valence-electron chi connectivity index (χ3n) is 5.22. The minimum atomic E-state index is -0.0124. The van der Waals surface area contributed by atoms with Crippen molar-refractivity contribution in [1.82, 2.24) is 40.7 Å². The van der Waals surface area contributed by atoms with Crippen LogP contribution in [0, 0.1) is 0 Å². The standard InChI is InChI=1S/C21H38N8O3/c1-18(30)3-4-20-16-29(26-25-20)14-9-24-21(32)17-28-12-7-22-5-10-27(15-19(2)31)11-6-23-8-13-28/h16,22-23H,3-15,17H2,1-2H3,(H,24,32). The molecule has 1 saturated heterocycles. The van der Waals surface area contributed by atoms with Gasteiger partial charge in [-0.3, -0.25) is 24.1 Å². The maximum Gasteiger partial charge on any atom is 0.234 e. The van der Waals surface area contributed by atoms with Crippen LogP contribution in [0.1, 0.15) is 26.0 Å². The summed E-state index contributed by atoms with van der Waals surface area (Å²) in [4.78, 5) is 39.1. The Kier molecular flexibility index (Phi) is 12.0. The lowest BCUT2D eigenvalue weighted by Gasteiger charge is -2.26. The number of hydrogen-bond donors (Lipinski definition) is 3. The van der Waals surface area contributed by atoms with Crippen molar-refractivity contribution < 1.29 is 14.4 Å². The van der Waals surface area contributed by atoms with Gasteiger partial charge in [0.15, 0.2) is 0 Å². The third kappa shape index (κ3) is 11.4. The van der Waals surface area contributed by atoms with Crippen LogP contribution in [0.15, 0.2) is 6.20 Å². The van der Waals surface area contributed by atoms with Gasteiger partial charge in [-0.15, -0.1) is 5.10 Å². The van der Waals surface area contributed by atoms with Crippen LogP contribution in [0.2, 0.25) is 0 Å². The zero-order valence-electron chi connectivity index (χ0n) is 19.4. The Morgan fingerprint density at radius 3 is 2.09 bits per heavy atom. The zero-order valence-corrected chi connectivity index (χ0v) is 19.4. The molecular formula is C21H38N8O3. The first kappa shape index (κ1) is 26.0. The van der Waals surface area contributed by atoms with Crippen molar-refractivity contribution in [3.63, 3.8) is 0 Å². The Morgan fingerprint density at radius 2 is 1.53 bits per heavy atom. The van der Waals surface area contributed by atoms with Gasteiger partial charge in [0.1, 0.15) is 11.6 Å². The van der Waals surface area contributed by atoms with Crippen molar-refractivity contribution in [1.29, 1.82) is 0 Å². The second kappa shape index (κ2) is 14.8. The molecule has 1 aromatic heterocycles. The number of aryl methyl sites for hydroxylation is 1. The fourth-order valence-corrected chi connectivity index (χ4v) is 3.49. The van der Waals surface area contributed by atoms with Crippen molar-refractivity contribution in [2.24, 2.45) is 0 Å². The number of Topliss-reactive ketones (excluding diaryl/α,β-unsaturated/α-hetero) is 2. The predicted octanol–water partition coefficient (Wildman–Crippen LogP) is -1.70. The monoisotopic (exact) mass is 450 g/mol. The summed E-state index contributed by atoms with van der Waals surface area (Å²) in [6, 6.07) is 0. The van der Waals surface area contributed by atoms with Crippen LogP contribution in [0.25, 0.3) is 0 Å². The number of amides is 1. The Morgan fingerprint density at radius 1 is 0.938 bits per heavy atom. The second-order valence-electron chi connectivity index (χ2n) is 8.28. The second-order valence-corrected chi connectivity index (χ2v) is 8.28. The minimum absolute atomic E-state index is 0.0124. The van der Waals surface area contributed by atoms with E-state index in [9.17, 15) is 14.4 Å². The molecule has 0 radical (unpaired) electrons. The molecule has 11 nitrogen and oxygen atoms in total. The van der Waals surface area contributed by atoms with Crippen LogP contribution in [0.4, 0.5) is 0 Å². The van der Waals surface area contributed by atoms with Crippen molar-refractivity contribution in [2.75, 3.05) is 72.0 Å². The lowest BCUT2D eigenvalue weighted by Crippen LogP contribution is -2.46. The molecule has 1 amide bonds. The maximum absolute atomic E-state index is 12.4. The molecule has 180 valence electrons. The molecule has 32 heavy (non-hydrogen) atoms. The van der Waals surface area contributed by atoms with Crippen LogP contribution < -0.4 is 16.0 Å². The molecule has 0 unspecified atom stereocenters. The Hall–Kier alpha value is -2.21. The molecular weight excluding hydrogens is 412 g/mol. The van der Waals surface area contributed by atoms with Crippen molar-refractivity contribution >= 4 is 17.5 Å². The number of ketones is 2. The first-order valence-corrected chi connectivity index (χ1v) is 11.4. The molecule has 2 heterocycles. The average Bonchev–Trinajstić information content (AvgIpc) is 3.17. The molecule has 1 aliphatic heterocycles. The summed E-state index contributed by atoms with van der Waals surface area (Å²) in [6.45, 7) is 11.5. The smallest absolute Gasteiger partial charge is 0.234 e. The van der Waals surface area contributed by atoms with Gasteiger partial charge in [-0.1, -0.05) is 5.21 Å². The Labute approximate surface area is 190 Å². The average molecular weight is 451 g/mol. The number of carbonyl (C=O) groups is 3. The number of aromatic nitrogens is 3. The van der Waals surface area contributed by atoms with E-state index in [1.807, 2.05) is 6.20 Å². The molecule has 11 heteroatoms. The van der Waals surface area contributed by atoms with E-state index in [0.717, 1.165) is 58.1 Å². The number of nitrogens with zero attached hydrogens (tertiary/aromatic N) is 5. The summed E-state index contributed by atoms with van der Waals surface area (Å²) in [5, 5.41) is 17.9. The topological polar surface area (TPSA) is 124 Å². The first-order chi connectivity index (χ1) is 15.4. The van der Waals surface area contributed by atoms with E-state index < -0.39 is 0 Å². The quantitative estimate of drug-likeness (QED) is 0.383. The van der Waals surface area contributed by atoms with Gasteiger partial charge < -0.3 is 20.7 Å². The Balaban J connectivity index is 1.67. The van der Waals surface area contributed by atoms with Gasteiger partial charge in [0.25, 0.3) is 0 Å². The van der Waals surface area contributed by atoms with Crippen LogP contribution >= 0.6 is 0 Å². The van der Waals surface area contributed by atoms with E-state index in [1.165, 1.54) is 0 Å². The maximum atomic E-state index is 12.4. The Bertz CT molecular complexity index is 710. The van der Waals surface area contributed by atoms with E-state index in [-0.39, 0.29) is 17.5 Å². The van der Waals surface area contributed by atoms with Gasteiger partial charge in [-0.2, -0.15) is 0 Å². The van der Waals surface area contributed by atoms with Gasteiger partial charge in [-0.25, -0.2) is 0 Å². The van der Waals surface area contributed by atoms with Crippen molar-refractivity contribution in [3.05, 3.63) is 11.9 Å². The van der Waals surface area contributed by atoms with Gasteiger partial charge in [0.2, 0.25) is 5.91 Å². The summed E-state index contributed by atoms with van der Waals surface area (Å²) >= 11 is 0. The molecule has 1 aliphatic rings. The summed E-state index contributed by atoms with van der Waals surface area (Å²) in [5.74, 6) is 0.307. The van der Waals surface area contributed by atoms with Crippen molar-refractivity contribution in [2.45, 2.75) is 33.2 Å². The highest BCUT2D eigenvalue weighted by Gasteiger charge is 2.12. The molecule has 0 aromatic carbocycles. The molecule has 0 bridgehead atoms. The number of carbonyl (C=O) groups excluding carboxylic acids is 3. The lowest BCUT2D eigenvalue weighted by molar-refractivity contribution is -0.122. The minimum Gasteiger partial charge on any atom is -0.353 e. The highest BCUT2D eigenvalue weighted by Crippen LogP contribution is 1.98. The van der Waals surface area contributed by atoms with E-state index in [1.54, 1.807) is 18.5 Å². The number of nitrogens with one attached hydrogen (secondary N) is 3. The fourth-order valence-electron chi connectivity index (χ4n) is 3.49. The highest BCUT2D eigenvalue weighted by molar-refractivity contribution is 5.78. The summed E-state index contributed by atoms with van der Waals surface area (Å²) in [6.07, 6.45) is 2.87.